The van der Waals surface area contributed by atoms with Gasteiger partial charge in [-0.25, -0.2) is 0 Å². The van der Waals surface area contributed by atoms with E-state index in [1.54, 1.807) is 0 Å². The topological polar surface area (TPSA) is 0 Å². The average Bonchev–Trinajstić information content (AvgIpc) is 1.69. The van der Waals surface area contributed by atoms with E-state index in [1.165, 1.54) is 5.30 Å². The molecule has 0 amide bonds. The Morgan fingerprint density at radius 1 is 1.00 bits per heavy atom. The van der Waals surface area contributed by atoms with Gasteiger partial charge in [-0.3, -0.25) is 0 Å². The van der Waals surface area contributed by atoms with Crippen LogP contribution in [0.1, 0.15) is 0 Å². The van der Waals surface area contributed by atoms with Gasteiger partial charge in [-0.05, 0) is 5.30 Å². The molecule has 1 aromatic rings. The van der Waals surface area contributed by atoms with Crippen molar-refractivity contribution in [3.8, 4) is 0 Å². The molecule has 46 valence electrons. The molecular formula is C6H8BrPZn. The summed E-state index contributed by atoms with van der Waals surface area (Å²) in [5, 5.41) is 1.24. The molecule has 1 atom stereocenters. The third-order valence-electron chi connectivity index (χ3n) is 0.800. The fourth-order valence-electron chi connectivity index (χ4n) is 0.453. The minimum Gasteiger partial charge on any atom is -0.114 e. The van der Waals surface area contributed by atoms with Crippen LogP contribution in [0.15, 0.2) is 30.3 Å². The van der Waals surface area contributed by atoms with Crippen molar-refractivity contribution in [3.05, 3.63) is 30.3 Å². The standard InChI is InChI=1S/C6H7P.BrH.Zn/c7-6-4-2-1-3-5-6;;/h1-5H,7H2;1H;. The quantitative estimate of drug-likeness (QED) is 0.490. The summed E-state index contributed by atoms with van der Waals surface area (Å²) >= 11 is 0. The Morgan fingerprint density at radius 2 is 1.44 bits per heavy atom. The first-order chi connectivity index (χ1) is 3.39. The van der Waals surface area contributed by atoms with Gasteiger partial charge in [0.25, 0.3) is 0 Å². The number of hydrogen-bond acceptors (Lipinski definition) is 0. The minimum absolute atomic E-state index is 0. The van der Waals surface area contributed by atoms with E-state index in [-0.39, 0.29) is 36.5 Å². The van der Waals surface area contributed by atoms with Crippen LogP contribution in [0.5, 0.6) is 0 Å². The van der Waals surface area contributed by atoms with Crippen LogP contribution in [-0.2, 0) is 19.5 Å². The van der Waals surface area contributed by atoms with E-state index in [0.29, 0.717) is 0 Å². The summed E-state index contributed by atoms with van der Waals surface area (Å²) in [5.41, 5.74) is 0. The predicted molar refractivity (Wildman–Crippen MR) is 46.1 cm³/mol. The Morgan fingerprint density at radius 3 is 1.67 bits per heavy atom. The van der Waals surface area contributed by atoms with E-state index in [2.05, 4.69) is 9.24 Å². The molecule has 0 aliphatic heterocycles. The molecule has 1 unspecified atom stereocenters. The molecule has 0 N–H and O–H groups in total. The molecule has 9 heavy (non-hydrogen) atoms. The Balaban J connectivity index is 0. The maximum Gasteiger partial charge on any atom is 0 e. The first kappa shape index (κ1) is 12.4. The van der Waals surface area contributed by atoms with Crippen molar-refractivity contribution in [3.63, 3.8) is 0 Å². The molecule has 3 heteroatoms. The van der Waals surface area contributed by atoms with Crippen LogP contribution in [0.25, 0.3) is 0 Å². The third-order valence-corrected chi connectivity index (χ3v) is 1.18. The fourth-order valence-corrected chi connectivity index (χ4v) is 0.675. The molecule has 1 rings (SSSR count). The molecule has 0 saturated carbocycles. The molecule has 0 radical (unpaired) electrons. The van der Waals surface area contributed by atoms with Crippen LogP contribution in [0.3, 0.4) is 0 Å². The van der Waals surface area contributed by atoms with Gasteiger partial charge in [0.2, 0.25) is 0 Å². The van der Waals surface area contributed by atoms with Crippen molar-refractivity contribution in [1.82, 2.24) is 0 Å². The van der Waals surface area contributed by atoms with Gasteiger partial charge in [0.05, 0.1) is 0 Å². The van der Waals surface area contributed by atoms with Crippen molar-refractivity contribution in [2.24, 2.45) is 0 Å². The summed E-state index contributed by atoms with van der Waals surface area (Å²) < 4.78 is 0. The van der Waals surface area contributed by atoms with Crippen LogP contribution in [0.4, 0.5) is 0 Å². The normalized spacial score (nSPS) is 6.78. The van der Waals surface area contributed by atoms with Gasteiger partial charge in [0.1, 0.15) is 0 Å². The number of hydrogen-bond donors (Lipinski definition) is 0. The second-order valence-electron chi connectivity index (χ2n) is 1.41. The first-order valence-electron chi connectivity index (χ1n) is 2.20. The molecule has 0 heterocycles. The maximum absolute atomic E-state index is 2.63. The molecule has 0 spiro atoms. The number of rotatable bonds is 0. The van der Waals surface area contributed by atoms with E-state index >= 15 is 0 Å². The molecule has 0 aliphatic rings. The Bertz CT molecular complexity index is 143. The molecular weight excluding hydrogens is 248 g/mol. The average molecular weight is 256 g/mol. The van der Waals surface area contributed by atoms with Gasteiger partial charge >= 0.3 is 0 Å². The van der Waals surface area contributed by atoms with E-state index in [1.807, 2.05) is 30.3 Å². The SMILES string of the molecule is Br.Pc1ccccc1.[Zn]. The van der Waals surface area contributed by atoms with Crippen LogP contribution < -0.4 is 5.30 Å². The number of benzene rings is 1. The molecule has 0 fully saturated rings. The van der Waals surface area contributed by atoms with Gasteiger partial charge in [0.15, 0.2) is 0 Å². The van der Waals surface area contributed by atoms with Gasteiger partial charge in [-0.1, -0.05) is 30.3 Å². The van der Waals surface area contributed by atoms with E-state index in [9.17, 15) is 0 Å². The van der Waals surface area contributed by atoms with Crippen molar-refractivity contribution in [1.29, 1.82) is 0 Å². The first-order valence-corrected chi connectivity index (χ1v) is 2.78. The largest absolute Gasteiger partial charge is 0.114 e. The van der Waals surface area contributed by atoms with Gasteiger partial charge in [-0.2, -0.15) is 0 Å². The third kappa shape index (κ3) is 5.21. The summed E-state index contributed by atoms with van der Waals surface area (Å²) in [5.74, 6) is 0. The molecule has 0 aromatic heterocycles. The Hall–Kier alpha value is 0.753. The van der Waals surface area contributed by atoms with E-state index < -0.39 is 0 Å². The molecule has 0 bridgehead atoms. The summed E-state index contributed by atoms with van der Waals surface area (Å²) in [7, 11) is 2.63. The Kier molecular flexibility index (Phi) is 9.49. The summed E-state index contributed by atoms with van der Waals surface area (Å²) in [6, 6.07) is 10.1. The smallest absolute Gasteiger partial charge is 0 e. The summed E-state index contributed by atoms with van der Waals surface area (Å²) in [6.07, 6.45) is 0. The molecule has 0 saturated heterocycles. The van der Waals surface area contributed by atoms with Gasteiger partial charge < -0.3 is 0 Å². The second kappa shape index (κ2) is 6.87. The zero-order valence-electron chi connectivity index (χ0n) is 5.08. The summed E-state index contributed by atoms with van der Waals surface area (Å²) in [4.78, 5) is 0. The van der Waals surface area contributed by atoms with E-state index in [4.69, 9.17) is 0 Å². The second-order valence-corrected chi connectivity index (χ2v) is 2.08. The van der Waals surface area contributed by atoms with Gasteiger partial charge in [0, 0.05) is 19.5 Å². The van der Waals surface area contributed by atoms with Crippen molar-refractivity contribution in [2.45, 2.75) is 0 Å². The maximum atomic E-state index is 2.63. The summed E-state index contributed by atoms with van der Waals surface area (Å²) in [6.45, 7) is 0. The van der Waals surface area contributed by atoms with Crippen LogP contribution in [-0.4, -0.2) is 0 Å². The van der Waals surface area contributed by atoms with Crippen molar-refractivity contribution in [2.75, 3.05) is 0 Å². The number of halogens is 1. The zero-order valence-corrected chi connectivity index (χ0v) is 10.9. The monoisotopic (exact) mass is 254 g/mol. The van der Waals surface area contributed by atoms with Crippen LogP contribution in [0, 0.1) is 0 Å². The predicted octanol–water partition coefficient (Wildman–Crippen LogP) is 1.76. The fraction of sp³-hybridized carbons (Fsp3) is 0. The van der Waals surface area contributed by atoms with Gasteiger partial charge in [-0.15, -0.1) is 26.2 Å². The minimum atomic E-state index is 0. The van der Waals surface area contributed by atoms with Crippen molar-refractivity contribution >= 4 is 31.5 Å². The zero-order chi connectivity index (χ0) is 5.11. The van der Waals surface area contributed by atoms with Crippen molar-refractivity contribution < 1.29 is 19.5 Å². The van der Waals surface area contributed by atoms with E-state index in [0.717, 1.165) is 0 Å². The molecule has 1 aromatic carbocycles. The van der Waals surface area contributed by atoms with Crippen LogP contribution in [0.2, 0.25) is 0 Å². The molecule has 0 nitrogen and oxygen atoms in total. The van der Waals surface area contributed by atoms with Crippen LogP contribution >= 0.6 is 26.2 Å². The molecule has 0 aliphatic carbocycles. The Labute approximate surface area is 81.2 Å².